The van der Waals surface area contributed by atoms with Gasteiger partial charge in [-0.05, 0) is 71.3 Å². The molecular formula is C24H23BrN2O2S. The normalized spacial score (nSPS) is 12.8. The third-order valence-corrected chi connectivity index (χ3v) is 7.18. The van der Waals surface area contributed by atoms with Crippen molar-refractivity contribution < 1.29 is 9.59 Å². The van der Waals surface area contributed by atoms with Gasteiger partial charge >= 0.3 is 0 Å². The topological polar surface area (TPSA) is 58.2 Å². The minimum absolute atomic E-state index is 0.104. The van der Waals surface area contributed by atoms with E-state index >= 15 is 0 Å². The third kappa shape index (κ3) is 4.65. The first-order valence-electron chi connectivity index (χ1n) is 10.2. The summed E-state index contributed by atoms with van der Waals surface area (Å²) in [6, 6.07) is 17.4. The van der Waals surface area contributed by atoms with Crippen molar-refractivity contribution in [3.63, 3.8) is 0 Å². The summed E-state index contributed by atoms with van der Waals surface area (Å²) in [4.78, 5) is 27.2. The fraction of sp³-hybridized carbons (Fsp3) is 0.250. The Bertz CT molecular complexity index is 1060. The van der Waals surface area contributed by atoms with Gasteiger partial charge in [0.15, 0.2) is 0 Å². The van der Waals surface area contributed by atoms with Crippen molar-refractivity contribution in [2.24, 2.45) is 0 Å². The summed E-state index contributed by atoms with van der Waals surface area (Å²) in [5.74, 6) is -0.313. The molecule has 154 valence electrons. The number of aryl methyl sites for hydroxylation is 1. The number of hydrogen-bond donors (Lipinski definition) is 2. The molecule has 2 amide bonds. The van der Waals surface area contributed by atoms with Crippen molar-refractivity contribution in [2.75, 3.05) is 11.9 Å². The molecule has 0 aliphatic heterocycles. The van der Waals surface area contributed by atoms with Crippen LogP contribution in [0.1, 0.15) is 49.6 Å². The van der Waals surface area contributed by atoms with Crippen LogP contribution < -0.4 is 10.6 Å². The van der Waals surface area contributed by atoms with Gasteiger partial charge in [0.05, 0.1) is 11.1 Å². The molecule has 0 saturated heterocycles. The van der Waals surface area contributed by atoms with Crippen molar-refractivity contribution in [3.05, 3.63) is 86.2 Å². The fourth-order valence-corrected chi connectivity index (χ4v) is 5.51. The van der Waals surface area contributed by atoms with Crippen molar-refractivity contribution in [3.8, 4) is 0 Å². The molecule has 0 atom stereocenters. The first kappa shape index (κ1) is 20.8. The Balaban J connectivity index is 1.54. The largest absolute Gasteiger partial charge is 0.352 e. The van der Waals surface area contributed by atoms with Gasteiger partial charge in [-0.25, -0.2) is 0 Å². The predicted molar refractivity (Wildman–Crippen MR) is 126 cm³/mol. The SMILES string of the molecule is O=C(Nc1sc2c(c1C(=O)NCCc1ccccc1)CCCC2)c1ccccc1Br. The van der Waals surface area contributed by atoms with Gasteiger partial charge in [-0.3, -0.25) is 9.59 Å². The lowest BCUT2D eigenvalue weighted by atomic mass is 9.95. The zero-order chi connectivity index (χ0) is 20.9. The van der Waals surface area contributed by atoms with Crippen LogP contribution in [-0.4, -0.2) is 18.4 Å². The molecule has 0 unspecified atom stereocenters. The van der Waals surface area contributed by atoms with E-state index in [4.69, 9.17) is 0 Å². The second-order valence-electron chi connectivity index (χ2n) is 7.34. The smallest absolute Gasteiger partial charge is 0.257 e. The first-order chi connectivity index (χ1) is 14.6. The molecule has 4 rings (SSSR count). The summed E-state index contributed by atoms with van der Waals surface area (Å²) >= 11 is 4.98. The molecule has 0 radical (unpaired) electrons. The van der Waals surface area contributed by atoms with Gasteiger partial charge in [-0.2, -0.15) is 0 Å². The average molecular weight is 483 g/mol. The van der Waals surface area contributed by atoms with Gasteiger partial charge in [0.2, 0.25) is 0 Å². The zero-order valence-corrected chi connectivity index (χ0v) is 18.9. The first-order valence-corrected chi connectivity index (χ1v) is 11.8. The van der Waals surface area contributed by atoms with Crippen LogP contribution in [0.3, 0.4) is 0 Å². The monoisotopic (exact) mass is 482 g/mol. The number of thiophene rings is 1. The van der Waals surface area contributed by atoms with Crippen LogP contribution in [0.5, 0.6) is 0 Å². The van der Waals surface area contributed by atoms with Crippen molar-refractivity contribution in [1.29, 1.82) is 0 Å². The lowest BCUT2D eigenvalue weighted by molar-refractivity contribution is 0.0954. The molecule has 3 aromatic rings. The van der Waals surface area contributed by atoms with Crippen LogP contribution in [0.25, 0.3) is 0 Å². The van der Waals surface area contributed by atoms with E-state index in [1.807, 2.05) is 36.4 Å². The number of halogens is 1. The van der Waals surface area contributed by atoms with Crippen LogP contribution in [0.4, 0.5) is 5.00 Å². The summed E-state index contributed by atoms with van der Waals surface area (Å²) in [7, 11) is 0. The number of benzene rings is 2. The summed E-state index contributed by atoms with van der Waals surface area (Å²) in [6.07, 6.45) is 4.83. The number of amides is 2. The summed E-state index contributed by atoms with van der Waals surface area (Å²) < 4.78 is 0.734. The molecule has 0 saturated carbocycles. The van der Waals surface area contributed by atoms with E-state index in [0.717, 1.165) is 42.1 Å². The summed E-state index contributed by atoms with van der Waals surface area (Å²) in [5.41, 5.74) is 3.49. The molecule has 0 spiro atoms. The molecule has 1 aliphatic carbocycles. The van der Waals surface area contributed by atoms with Crippen molar-refractivity contribution >= 4 is 44.1 Å². The minimum Gasteiger partial charge on any atom is -0.352 e. The molecule has 0 bridgehead atoms. The lowest BCUT2D eigenvalue weighted by Crippen LogP contribution is -2.27. The van der Waals surface area contributed by atoms with Gasteiger partial charge in [0.25, 0.3) is 11.8 Å². The lowest BCUT2D eigenvalue weighted by Gasteiger charge is -2.13. The van der Waals surface area contributed by atoms with E-state index in [1.54, 1.807) is 17.4 Å². The van der Waals surface area contributed by atoms with E-state index in [9.17, 15) is 9.59 Å². The minimum atomic E-state index is -0.209. The van der Waals surface area contributed by atoms with Crippen LogP contribution in [-0.2, 0) is 19.3 Å². The van der Waals surface area contributed by atoms with Gasteiger partial charge in [-0.1, -0.05) is 42.5 Å². The molecule has 30 heavy (non-hydrogen) atoms. The van der Waals surface area contributed by atoms with E-state index in [1.165, 1.54) is 10.4 Å². The standard InChI is InChI=1S/C24H23BrN2O2S/c25-19-12-6-4-10-17(19)22(28)27-24-21(18-11-5-7-13-20(18)30-24)23(29)26-15-14-16-8-2-1-3-9-16/h1-4,6,8-10,12H,5,7,11,13-15H2,(H,26,29)(H,27,28). The molecule has 2 aromatic carbocycles. The van der Waals surface area contributed by atoms with Gasteiger partial charge < -0.3 is 10.6 Å². The van der Waals surface area contributed by atoms with Crippen LogP contribution in [0.15, 0.2) is 59.1 Å². The molecule has 1 heterocycles. The Morgan fingerprint density at radius 3 is 2.47 bits per heavy atom. The highest BCUT2D eigenvalue weighted by molar-refractivity contribution is 9.10. The molecule has 1 aromatic heterocycles. The Kier molecular flexibility index (Phi) is 6.65. The van der Waals surface area contributed by atoms with Crippen LogP contribution in [0.2, 0.25) is 0 Å². The Hall–Kier alpha value is -2.44. The van der Waals surface area contributed by atoms with Crippen LogP contribution in [0, 0.1) is 0 Å². The maximum absolute atomic E-state index is 13.1. The number of fused-ring (bicyclic) bond motifs is 1. The van der Waals surface area contributed by atoms with E-state index < -0.39 is 0 Å². The van der Waals surface area contributed by atoms with Gasteiger partial charge in [0, 0.05) is 15.9 Å². The number of anilines is 1. The maximum atomic E-state index is 13.1. The van der Waals surface area contributed by atoms with Gasteiger partial charge in [0.1, 0.15) is 5.00 Å². The van der Waals surface area contributed by atoms with E-state index in [2.05, 4.69) is 38.7 Å². The average Bonchev–Trinajstić information content (AvgIpc) is 3.12. The highest BCUT2D eigenvalue weighted by Gasteiger charge is 2.26. The quantitative estimate of drug-likeness (QED) is 0.479. The molecule has 0 fully saturated rings. The van der Waals surface area contributed by atoms with Crippen LogP contribution >= 0.6 is 27.3 Å². The number of carbonyl (C=O) groups is 2. The number of nitrogens with one attached hydrogen (secondary N) is 2. The predicted octanol–water partition coefficient (Wildman–Crippen LogP) is 5.61. The molecule has 2 N–H and O–H groups in total. The van der Waals surface area contributed by atoms with E-state index in [-0.39, 0.29) is 11.8 Å². The second-order valence-corrected chi connectivity index (χ2v) is 9.30. The molecule has 1 aliphatic rings. The van der Waals surface area contributed by atoms with Crippen molar-refractivity contribution in [1.82, 2.24) is 5.32 Å². The van der Waals surface area contributed by atoms with Gasteiger partial charge in [-0.15, -0.1) is 11.3 Å². The Morgan fingerprint density at radius 2 is 1.67 bits per heavy atom. The molecule has 6 heteroatoms. The molecular weight excluding hydrogens is 460 g/mol. The highest BCUT2D eigenvalue weighted by atomic mass is 79.9. The number of hydrogen-bond acceptors (Lipinski definition) is 3. The molecule has 4 nitrogen and oxygen atoms in total. The Labute approximate surface area is 188 Å². The highest BCUT2D eigenvalue weighted by Crippen LogP contribution is 2.38. The number of rotatable bonds is 6. The summed E-state index contributed by atoms with van der Waals surface area (Å²) in [5, 5.41) is 6.71. The van der Waals surface area contributed by atoms with E-state index in [0.29, 0.717) is 22.7 Å². The second kappa shape index (κ2) is 9.58. The zero-order valence-electron chi connectivity index (χ0n) is 16.5. The van der Waals surface area contributed by atoms with Crippen molar-refractivity contribution in [2.45, 2.75) is 32.1 Å². The Morgan fingerprint density at radius 1 is 0.933 bits per heavy atom. The summed E-state index contributed by atoms with van der Waals surface area (Å²) in [6.45, 7) is 0.561. The number of carbonyl (C=O) groups excluding carboxylic acids is 2. The third-order valence-electron chi connectivity index (χ3n) is 5.29. The fourth-order valence-electron chi connectivity index (χ4n) is 3.76. The maximum Gasteiger partial charge on any atom is 0.257 e.